The lowest BCUT2D eigenvalue weighted by molar-refractivity contribution is 0.0956. The van der Waals surface area contributed by atoms with Crippen LogP contribution >= 0.6 is 23.4 Å². The number of hydrogen-bond acceptors (Lipinski definition) is 4. The summed E-state index contributed by atoms with van der Waals surface area (Å²) < 4.78 is 0. The Kier molecular flexibility index (Phi) is 4.81. The molecule has 1 aromatic carbocycles. The molecule has 1 heterocycles. The van der Waals surface area contributed by atoms with Crippen molar-refractivity contribution < 1.29 is 4.79 Å². The Hall–Kier alpha value is -1.53. The lowest BCUT2D eigenvalue weighted by atomic mass is 10.2. The quantitative estimate of drug-likeness (QED) is 0.656. The molecule has 0 aliphatic heterocycles. The van der Waals surface area contributed by atoms with E-state index in [2.05, 4.69) is 20.5 Å². The van der Waals surface area contributed by atoms with Crippen LogP contribution in [0.4, 0.5) is 0 Å². The van der Waals surface area contributed by atoms with Crippen LogP contribution in [0.2, 0.25) is 5.02 Å². The molecule has 100 valence electrons. The van der Waals surface area contributed by atoms with Gasteiger partial charge < -0.3 is 5.32 Å². The van der Waals surface area contributed by atoms with Gasteiger partial charge in [-0.15, -0.1) is 5.10 Å². The van der Waals surface area contributed by atoms with Crippen LogP contribution in [0.1, 0.15) is 16.2 Å². The van der Waals surface area contributed by atoms with Gasteiger partial charge in [0.2, 0.25) is 5.16 Å². The first-order valence-corrected chi connectivity index (χ1v) is 7.07. The molecule has 0 fully saturated rings. The summed E-state index contributed by atoms with van der Waals surface area (Å²) >= 11 is 7.25. The molecule has 7 heteroatoms. The third-order valence-electron chi connectivity index (χ3n) is 2.30. The second-order valence-corrected chi connectivity index (χ2v) is 5.31. The van der Waals surface area contributed by atoms with Crippen molar-refractivity contribution in [1.82, 2.24) is 20.5 Å². The van der Waals surface area contributed by atoms with Crippen LogP contribution in [0.25, 0.3) is 0 Å². The zero-order chi connectivity index (χ0) is 13.7. The lowest BCUT2D eigenvalue weighted by Crippen LogP contribution is -2.25. The number of carbonyl (C=O) groups excluding carboxylic acids is 1. The molecular formula is C12H13ClN4OS. The van der Waals surface area contributed by atoms with E-state index in [0.29, 0.717) is 22.3 Å². The molecule has 2 rings (SSSR count). The molecule has 0 aliphatic carbocycles. The van der Waals surface area contributed by atoms with Gasteiger partial charge in [-0.05, 0) is 31.2 Å². The van der Waals surface area contributed by atoms with Crippen LogP contribution in [0.5, 0.6) is 0 Å². The number of aromatic nitrogens is 3. The molecule has 0 unspecified atom stereocenters. The van der Waals surface area contributed by atoms with Crippen molar-refractivity contribution in [1.29, 1.82) is 0 Å². The van der Waals surface area contributed by atoms with Gasteiger partial charge in [-0.1, -0.05) is 23.4 Å². The van der Waals surface area contributed by atoms with Crippen LogP contribution in [-0.4, -0.2) is 33.4 Å². The summed E-state index contributed by atoms with van der Waals surface area (Å²) in [6.07, 6.45) is 0. The van der Waals surface area contributed by atoms with E-state index in [1.54, 1.807) is 24.3 Å². The van der Waals surface area contributed by atoms with Crippen LogP contribution in [-0.2, 0) is 0 Å². The first-order chi connectivity index (χ1) is 9.15. The Bertz CT molecular complexity index is 555. The molecule has 0 saturated carbocycles. The van der Waals surface area contributed by atoms with Crippen molar-refractivity contribution in [3.8, 4) is 0 Å². The van der Waals surface area contributed by atoms with Gasteiger partial charge in [0.1, 0.15) is 5.82 Å². The van der Waals surface area contributed by atoms with Gasteiger partial charge in [0, 0.05) is 22.9 Å². The van der Waals surface area contributed by atoms with Crippen molar-refractivity contribution in [3.63, 3.8) is 0 Å². The van der Waals surface area contributed by atoms with Gasteiger partial charge in [-0.3, -0.25) is 9.89 Å². The van der Waals surface area contributed by atoms with Gasteiger partial charge in [-0.25, -0.2) is 4.98 Å². The summed E-state index contributed by atoms with van der Waals surface area (Å²) in [6, 6.07) is 6.79. The average Bonchev–Trinajstić information content (AvgIpc) is 2.81. The fourth-order valence-electron chi connectivity index (χ4n) is 1.40. The standard InChI is InChI=1S/C12H13ClN4OS/c1-8-15-12(17-16-8)19-7-6-14-11(18)9-2-4-10(13)5-3-9/h2-5H,6-7H2,1H3,(H,14,18)(H,15,16,17). The Balaban J connectivity index is 1.73. The highest BCUT2D eigenvalue weighted by Gasteiger charge is 2.05. The van der Waals surface area contributed by atoms with Gasteiger partial charge in [0.25, 0.3) is 5.91 Å². The normalized spacial score (nSPS) is 10.4. The summed E-state index contributed by atoms with van der Waals surface area (Å²) in [5.74, 6) is 1.40. The highest BCUT2D eigenvalue weighted by atomic mass is 35.5. The van der Waals surface area contributed by atoms with E-state index in [1.165, 1.54) is 11.8 Å². The number of benzene rings is 1. The predicted molar refractivity (Wildman–Crippen MR) is 75.6 cm³/mol. The predicted octanol–water partition coefficient (Wildman–Crippen LogP) is 2.29. The van der Waals surface area contributed by atoms with E-state index in [4.69, 9.17) is 11.6 Å². The largest absolute Gasteiger partial charge is 0.351 e. The molecule has 2 aromatic rings. The number of thioether (sulfide) groups is 1. The number of nitrogens with zero attached hydrogens (tertiary/aromatic N) is 2. The number of H-pyrrole nitrogens is 1. The zero-order valence-corrected chi connectivity index (χ0v) is 11.9. The van der Waals surface area contributed by atoms with Gasteiger partial charge >= 0.3 is 0 Å². The number of nitrogens with one attached hydrogen (secondary N) is 2. The highest BCUT2D eigenvalue weighted by molar-refractivity contribution is 7.99. The van der Waals surface area contributed by atoms with E-state index in [0.717, 1.165) is 11.6 Å². The molecule has 5 nitrogen and oxygen atoms in total. The monoisotopic (exact) mass is 296 g/mol. The SMILES string of the molecule is Cc1nc(SCCNC(=O)c2ccc(Cl)cc2)n[nH]1. The van der Waals surface area contributed by atoms with Gasteiger partial charge in [0.05, 0.1) is 0 Å². The van der Waals surface area contributed by atoms with Crippen molar-refractivity contribution in [2.75, 3.05) is 12.3 Å². The zero-order valence-electron chi connectivity index (χ0n) is 10.3. The average molecular weight is 297 g/mol. The van der Waals surface area contributed by atoms with Crippen molar-refractivity contribution in [2.45, 2.75) is 12.1 Å². The van der Waals surface area contributed by atoms with E-state index in [-0.39, 0.29) is 5.91 Å². The van der Waals surface area contributed by atoms with Gasteiger partial charge in [0.15, 0.2) is 0 Å². The number of aromatic amines is 1. The van der Waals surface area contributed by atoms with Crippen LogP contribution in [0, 0.1) is 6.92 Å². The van der Waals surface area contributed by atoms with Crippen molar-refractivity contribution in [2.24, 2.45) is 0 Å². The third kappa shape index (κ3) is 4.25. The maximum atomic E-state index is 11.8. The second-order valence-electron chi connectivity index (χ2n) is 3.81. The molecule has 2 N–H and O–H groups in total. The van der Waals surface area contributed by atoms with E-state index < -0.39 is 0 Å². The Morgan fingerprint density at radius 2 is 2.16 bits per heavy atom. The molecule has 0 radical (unpaired) electrons. The molecular weight excluding hydrogens is 284 g/mol. The molecule has 1 aromatic heterocycles. The van der Waals surface area contributed by atoms with Crippen molar-refractivity contribution >= 4 is 29.3 Å². The minimum absolute atomic E-state index is 0.108. The highest BCUT2D eigenvalue weighted by Crippen LogP contribution is 2.11. The number of halogens is 1. The van der Waals surface area contributed by atoms with E-state index >= 15 is 0 Å². The Labute approximate surface area is 120 Å². The molecule has 0 atom stereocenters. The van der Waals surface area contributed by atoms with Crippen LogP contribution < -0.4 is 5.32 Å². The van der Waals surface area contributed by atoms with Crippen molar-refractivity contribution in [3.05, 3.63) is 40.7 Å². The second kappa shape index (κ2) is 6.58. The number of amides is 1. The Morgan fingerprint density at radius 3 is 2.79 bits per heavy atom. The summed E-state index contributed by atoms with van der Waals surface area (Å²) in [4.78, 5) is 15.9. The maximum Gasteiger partial charge on any atom is 0.251 e. The number of hydrogen-bond donors (Lipinski definition) is 2. The third-order valence-corrected chi connectivity index (χ3v) is 3.40. The molecule has 0 aliphatic rings. The fraction of sp³-hybridized carbons (Fsp3) is 0.250. The number of aryl methyl sites for hydroxylation is 1. The van der Waals surface area contributed by atoms with E-state index in [9.17, 15) is 4.79 Å². The topological polar surface area (TPSA) is 70.7 Å². The lowest BCUT2D eigenvalue weighted by Gasteiger charge is -2.04. The molecule has 0 spiro atoms. The summed E-state index contributed by atoms with van der Waals surface area (Å²) in [5.41, 5.74) is 0.600. The van der Waals surface area contributed by atoms with Crippen LogP contribution in [0.3, 0.4) is 0 Å². The number of rotatable bonds is 5. The molecule has 19 heavy (non-hydrogen) atoms. The summed E-state index contributed by atoms with van der Waals surface area (Å²) in [7, 11) is 0. The first kappa shape index (κ1) is 13.9. The molecule has 0 saturated heterocycles. The summed E-state index contributed by atoms with van der Waals surface area (Å²) in [6.45, 7) is 2.40. The van der Waals surface area contributed by atoms with Crippen LogP contribution in [0.15, 0.2) is 29.4 Å². The summed E-state index contributed by atoms with van der Waals surface area (Å²) in [5, 5.41) is 10.9. The maximum absolute atomic E-state index is 11.8. The first-order valence-electron chi connectivity index (χ1n) is 5.71. The smallest absolute Gasteiger partial charge is 0.251 e. The fourth-order valence-corrected chi connectivity index (χ4v) is 2.22. The minimum atomic E-state index is -0.108. The van der Waals surface area contributed by atoms with Gasteiger partial charge in [-0.2, -0.15) is 0 Å². The molecule has 0 bridgehead atoms. The van der Waals surface area contributed by atoms with E-state index in [1.807, 2.05) is 6.92 Å². The Morgan fingerprint density at radius 1 is 1.42 bits per heavy atom. The number of carbonyl (C=O) groups is 1. The minimum Gasteiger partial charge on any atom is -0.351 e. The molecule has 1 amide bonds.